The third-order valence-electron chi connectivity index (χ3n) is 3.33. The van der Waals surface area contributed by atoms with Gasteiger partial charge in [0.25, 0.3) is 5.69 Å². The number of anilines is 1. The number of nitrogens with zero attached hydrogens (tertiary/aromatic N) is 4. The van der Waals surface area contributed by atoms with Crippen molar-refractivity contribution in [1.82, 2.24) is 14.7 Å². The second-order valence-corrected chi connectivity index (χ2v) is 5.44. The van der Waals surface area contributed by atoms with Crippen LogP contribution in [0.25, 0.3) is 0 Å². The van der Waals surface area contributed by atoms with Crippen LogP contribution in [0.15, 0.2) is 30.5 Å². The van der Waals surface area contributed by atoms with Gasteiger partial charge in [-0.15, -0.1) is 0 Å². The van der Waals surface area contributed by atoms with E-state index in [1.54, 1.807) is 4.68 Å². The highest BCUT2D eigenvalue weighted by atomic mass is 16.6. The lowest BCUT2D eigenvalue weighted by molar-refractivity contribution is -0.384. The van der Waals surface area contributed by atoms with Crippen molar-refractivity contribution in [1.29, 1.82) is 0 Å². The summed E-state index contributed by atoms with van der Waals surface area (Å²) in [5, 5.41) is 17.6. The fourth-order valence-electron chi connectivity index (χ4n) is 2.26. The van der Waals surface area contributed by atoms with Gasteiger partial charge in [0.15, 0.2) is 0 Å². The molecule has 2 rings (SSSR count). The van der Waals surface area contributed by atoms with Gasteiger partial charge >= 0.3 is 0 Å². The number of aromatic nitrogens is 2. The van der Waals surface area contributed by atoms with E-state index in [2.05, 4.69) is 10.4 Å². The number of hydrogen-bond acceptors (Lipinski definition) is 5. The molecule has 0 aliphatic carbocycles. The third-order valence-corrected chi connectivity index (χ3v) is 3.33. The molecular formula is C15H19N5O3. The van der Waals surface area contributed by atoms with Crippen LogP contribution in [-0.2, 0) is 18.4 Å². The van der Waals surface area contributed by atoms with Crippen LogP contribution >= 0.6 is 0 Å². The van der Waals surface area contributed by atoms with Crippen LogP contribution in [0.3, 0.4) is 0 Å². The van der Waals surface area contributed by atoms with Crippen molar-refractivity contribution in [3.63, 3.8) is 0 Å². The Hall–Kier alpha value is -2.74. The highest BCUT2D eigenvalue weighted by Crippen LogP contribution is 2.15. The Bertz CT molecular complexity index is 708. The summed E-state index contributed by atoms with van der Waals surface area (Å²) < 4.78 is 1.75. The van der Waals surface area contributed by atoms with E-state index in [9.17, 15) is 14.9 Å². The van der Waals surface area contributed by atoms with E-state index >= 15 is 0 Å². The Morgan fingerprint density at radius 1 is 1.39 bits per heavy atom. The van der Waals surface area contributed by atoms with Crippen LogP contribution in [-0.4, -0.2) is 39.1 Å². The molecule has 23 heavy (non-hydrogen) atoms. The van der Waals surface area contributed by atoms with Gasteiger partial charge in [-0.1, -0.05) is 0 Å². The van der Waals surface area contributed by atoms with Gasteiger partial charge in [-0.25, -0.2) is 0 Å². The maximum atomic E-state index is 12.0. The van der Waals surface area contributed by atoms with Gasteiger partial charge in [-0.2, -0.15) is 5.10 Å². The standard InChI is InChI=1S/C15H19N5O3/c1-11-12(9-19(3)17-11)8-18(2)10-15(21)16-13-4-6-14(7-5-13)20(22)23/h4-7,9H,8,10H2,1-3H3,(H,16,21). The molecule has 1 N–H and O–H groups in total. The molecule has 0 spiro atoms. The Morgan fingerprint density at radius 2 is 2.04 bits per heavy atom. The Labute approximate surface area is 133 Å². The minimum absolute atomic E-state index is 0.00725. The number of rotatable bonds is 6. The molecule has 0 fully saturated rings. The van der Waals surface area contributed by atoms with Gasteiger partial charge < -0.3 is 5.32 Å². The number of nitro benzene ring substituents is 1. The molecule has 1 aromatic carbocycles. The number of aryl methyl sites for hydroxylation is 2. The first-order chi connectivity index (χ1) is 10.8. The fraction of sp³-hybridized carbons (Fsp3) is 0.333. The highest BCUT2D eigenvalue weighted by molar-refractivity contribution is 5.92. The summed E-state index contributed by atoms with van der Waals surface area (Å²) in [6.07, 6.45) is 1.93. The molecule has 2 aromatic rings. The molecule has 0 unspecified atom stereocenters. The second kappa shape index (κ2) is 7.01. The number of nitro groups is 1. The minimum Gasteiger partial charge on any atom is -0.325 e. The van der Waals surface area contributed by atoms with Gasteiger partial charge in [-0.05, 0) is 26.1 Å². The average Bonchev–Trinajstić information content (AvgIpc) is 2.76. The lowest BCUT2D eigenvalue weighted by atomic mass is 10.2. The van der Waals surface area contributed by atoms with Crippen LogP contribution in [0.4, 0.5) is 11.4 Å². The number of likely N-dealkylation sites (N-methyl/N-ethyl adjacent to an activating group) is 1. The van der Waals surface area contributed by atoms with Crippen LogP contribution in [0.2, 0.25) is 0 Å². The number of amides is 1. The van der Waals surface area contributed by atoms with Crippen molar-refractivity contribution in [3.8, 4) is 0 Å². The summed E-state index contributed by atoms with van der Waals surface area (Å²) in [4.78, 5) is 24.0. The van der Waals surface area contributed by atoms with Crippen molar-refractivity contribution >= 4 is 17.3 Å². The highest BCUT2D eigenvalue weighted by Gasteiger charge is 2.11. The van der Waals surface area contributed by atoms with Gasteiger partial charge in [0.05, 0.1) is 17.2 Å². The largest absolute Gasteiger partial charge is 0.325 e. The molecule has 0 saturated heterocycles. The van der Waals surface area contributed by atoms with Crippen LogP contribution in [0, 0.1) is 17.0 Å². The summed E-state index contributed by atoms with van der Waals surface area (Å²) >= 11 is 0. The van der Waals surface area contributed by atoms with Gasteiger partial charge in [-0.3, -0.25) is 24.5 Å². The minimum atomic E-state index is -0.477. The predicted octanol–water partition coefficient (Wildman–Crippen LogP) is 1.71. The van der Waals surface area contributed by atoms with Crippen molar-refractivity contribution in [2.45, 2.75) is 13.5 Å². The summed E-state index contributed by atoms with van der Waals surface area (Å²) in [6, 6.07) is 5.75. The third kappa shape index (κ3) is 4.62. The van der Waals surface area contributed by atoms with Crippen LogP contribution in [0.5, 0.6) is 0 Å². The first kappa shape index (κ1) is 16.6. The zero-order chi connectivity index (χ0) is 17.0. The summed E-state index contributed by atoms with van der Waals surface area (Å²) in [7, 11) is 3.71. The second-order valence-electron chi connectivity index (χ2n) is 5.44. The van der Waals surface area contributed by atoms with Gasteiger partial charge in [0.1, 0.15) is 0 Å². The fourth-order valence-corrected chi connectivity index (χ4v) is 2.26. The van der Waals surface area contributed by atoms with E-state index in [-0.39, 0.29) is 18.1 Å². The number of non-ortho nitro benzene ring substituents is 1. The zero-order valence-corrected chi connectivity index (χ0v) is 13.3. The van der Waals surface area contributed by atoms with Crippen molar-refractivity contribution in [2.75, 3.05) is 18.9 Å². The monoisotopic (exact) mass is 317 g/mol. The molecular weight excluding hydrogens is 298 g/mol. The molecule has 8 nitrogen and oxygen atoms in total. The maximum Gasteiger partial charge on any atom is 0.269 e. The van der Waals surface area contributed by atoms with E-state index in [1.165, 1.54) is 24.3 Å². The SMILES string of the molecule is Cc1nn(C)cc1CN(C)CC(=O)Nc1ccc([N+](=O)[O-])cc1. The molecule has 122 valence electrons. The number of hydrogen-bond donors (Lipinski definition) is 1. The van der Waals surface area contributed by atoms with Crippen molar-refractivity contribution in [2.24, 2.45) is 7.05 Å². The quantitative estimate of drug-likeness (QED) is 0.646. The summed E-state index contributed by atoms with van der Waals surface area (Å²) in [5.74, 6) is -0.178. The Balaban J connectivity index is 1.88. The molecule has 8 heteroatoms. The lowest BCUT2D eigenvalue weighted by Crippen LogP contribution is -2.29. The average molecular weight is 317 g/mol. The van der Waals surface area contributed by atoms with Crippen molar-refractivity contribution in [3.05, 3.63) is 51.8 Å². The molecule has 0 aliphatic rings. The summed E-state index contributed by atoms with van der Waals surface area (Å²) in [6.45, 7) is 2.76. The Kier molecular flexibility index (Phi) is 5.07. The lowest BCUT2D eigenvalue weighted by Gasteiger charge is -2.15. The molecule has 0 aliphatic heterocycles. The van der Waals surface area contributed by atoms with E-state index in [0.717, 1.165) is 11.3 Å². The number of benzene rings is 1. The van der Waals surface area contributed by atoms with Gasteiger partial charge in [0, 0.05) is 43.2 Å². The van der Waals surface area contributed by atoms with E-state index < -0.39 is 4.92 Å². The Morgan fingerprint density at radius 3 is 2.57 bits per heavy atom. The number of carbonyl (C=O) groups is 1. The molecule has 0 saturated carbocycles. The van der Waals surface area contributed by atoms with E-state index in [4.69, 9.17) is 0 Å². The molecule has 0 radical (unpaired) electrons. The normalized spacial score (nSPS) is 10.8. The zero-order valence-electron chi connectivity index (χ0n) is 13.3. The first-order valence-corrected chi connectivity index (χ1v) is 7.07. The van der Waals surface area contributed by atoms with Gasteiger partial charge in [0.2, 0.25) is 5.91 Å². The van der Waals surface area contributed by atoms with Crippen molar-refractivity contribution < 1.29 is 9.72 Å². The maximum absolute atomic E-state index is 12.0. The first-order valence-electron chi connectivity index (χ1n) is 7.07. The molecule has 0 atom stereocenters. The van der Waals surface area contributed by atoms with E-state index in [0.29, 0.717) is 12.2 Å². The topological polar surface area (TPSA) is 93.3 Å². The molecule has 1 heterocycles. The number of carbonyl (C=O) groups excluding carboxylic acids is 1. The predicted molar refractivity (Wildman–Crippen MR) is 86.0 cm³/mol. The number of nitrogens with one attached hydrogen (secondary N) is 1. The summed E-state index contributed by atoms with van der Waals surface area (Å²) in [5.41, 5.74) is 2.53. The van der Waals surface area contributed by atoms with Crippen LogP contribution < -0.4 is 5.32 Å². The van der Waals surface area contributed by atoms with Crippen LogP contribution in [0.1, 0.15) is 11.3 Å². The van der Waals surface area contributed by atoms with E-state index in [1.807, 2.05) is 32.1 Å². The molecule has 1 aromatic heterocycles. The molecule has 0 bridgehead atoms. The smallest absolute Gasteiger partial charge is 0.269 e. The molecule has 1 amide bonds.